The largest absolute Gasteiger partial charge is 0.462 e. The van der Waals surface area contributed by atoms with Gasteiger partial charge in [0.15, 0.2) is 0 Å². The number of benzene rings is 1. The topological polar surface area (TPSA) is 93.1 Å². The Labute approximate surface area is 241 Å². The molecule has 0 bridgehead atoms. The zero-order valence-corrected chi connectivity index (χ0v) is 25.0. The fraction of sp³-hybridized carbons (Fsp3) is 0.647. The molecule has 1 aromatic rings. The van der Waals surface area contributed by atoms with E-state index in [0.29, 0.717) is 12.3 Å². The fourth-order valence-electron chi connectivity index (χ4n) is 5.48. The van der Waals surface area contributed by atoms with Crippen molar-refractivity contribution < 1.29 is 29.3 Å². The van der Waals surface area contributed by atoms with Crippen molar-refractivity contribution in [2.75, 3.05) is 13.2 Å². The Morgan fingerprint density at radius 2 is 1.40 bits per heavy atom. The van der Waals surface area contributed by atoms with Crippen LogP contribution in [0.5, 0.6) is 0 Å². The van der Waals surface area contributed by atoms with Crippen molar-refractivity contribution in [3.8, 4) is 0 Å². The second kappa shape index (κ2) is 18.1. The van der Waals surface area contributed by atoms with Gasteiger partial charge in [0.05, 0.1) is 25.4 Å². The summed E-state index contributed by atoms with van der Waals surface area (Å²) < 4.78 is 10.9. The summed E-state index contributed by atoms with van der Waals surface area (Å²) in [5.74, 6) is 0.220. The molecule has 0 amide bonds. The van der Waals surface area contributed by atoms with Crippen LogP contribution in [0.1, 0.15) is 108 Å². The second-order valence-corrected chi connectivity index (χ2v) is 11.9. The molecular formula is C34H52O6. The first kappa shape index (κ1) is 33.8. The average Bonchev–Trinajstić information content (AvgIpc) is 2.92. The predicted octanol–water partition coefficient (Wildman–Crippen LogP) is 6.83. The van der Waals surface area contributed by atoms with Gasteiger partial charge >= 0.3 is 11.9 Å². The monoisotopic (exact) mass is 556 g/mol. The van der Waals surface area contributed by atoms with E-state index in [2.05, 4.69) is 44.3 Å². The van der Waals surface area contributed by atoms with Crippen LogP contribution in [-0.4, -0.2) is 47.6 Å². The summed E-state index contributed by atoms with van der Waals surface area (Å²) in [4.78, 5) is 24.6. The van der Waals surface area contributed by atoms with Gasteiger partial charge in [-0.05, 0) is 75.3 Å². The van der Waals surface area contributed by atoms with Gasteiger partial charge in [0.2, 0.25) is 0 Å². The van der Waals surface area contributed by atoms with Gasteiger partial charge in [-0.15, -0.1) is 0 Å². The average molecular weight is 557 g/mol. The first-order chi connectivity index (χ1) is 19.1. The Hall–Kier alpha value is -2.44. The number of aryl methyl sites for hydroxylation is 1. The lowest BCUT2D eigenvalue weighted by atomic mass is 9.77. The highest BCUT2D eigenvalue weighted by Gasteiger charge is 2.22. The minimum atomic E-state index is -0.680. The van der Waals surface area contributed by atoms with Crippen LogP contribution >= 0.6 is 0 Å². The normalized spacial score (nSPS) is 19.3. The number of aliphatic hydroxyl groups excluding tert-OH is 2. The summed E-state index contributed by atoms with van der Waals surface area (Å²) >= 11 is 0. The van der Waals surface area contributed by atoms with Gasteiger partial charge in [-0.25, -0.2) is 9.59 Å². The number of carbonyl (C=O) groups is 2. The van der Waals surface area contributed by atoms with Gasteiger partial charge in [-0.3, -0.25) is 0 Å². The molecule has 0 saturated heterocycles. The zero-order chi connectivity index (χ0) is 29.5. The molecule has 1 aliphatic carbocycles. The molecule has 0 spiro atoms. The maximum atomic E-state index is 12.3. The van der Waals surface area contributed by atoms with E-state index >= 15 is 0 Å². The van der Waals surface area contributed by atoms with Gasteiger partial charge < -0.3 is 19.7 Å². The van der Waals surface area contributed by atoms with Crippen molar-refractivity contribution in [2.24, 2.45) is 11.8 Å². The van der Waals surface area contributed by atoms with E-state index in [1.807, 2.05) is 0 Å². The lowest BCUT2D eigenvalue weighted by Gasteiger charge is -2.29. The third-order valence-corrected chi connectivity index (χ3v) is 7.92. The van der Waals surface area contributed by atoms with Gasteiger partial charge in [-0.2, -0.15) is 0 Å². The SMILES string of the molecule is C=C(CC(C)O)C(=O)OCC(CCc1ccc(C2CCC(CCCCC)CC2)cc1)COC(=O)C(=C)CC(C)O. The van der Waals surface area contributed by atoms with E-state index in [1.165, 1.54) is 62.5 Å². The summed E-state index contributed by atoms with van der Waals surface area (Å²) in [7, 11) is 0. The third kappa shape index (κ3) is 12.8. The van der Waals surface area contributed by atoms with Crippen molar-refractivity contribution in [3.05, 3.63) is 59.7 Å². The molecule has 0 aliphatic heterocycles. The smallest absolute Gasteiger partial charge is 0.333 e. The highest BCUT2D eigenvalue weighted by atomic mass is 16.5. The van der Waals surface area contributed by atoms with Crippen LogP contribution in [0.4, 0.5) is 0 Å². The number of aliphatic hydroxyl groups is 2. The Kier molecular flexibility index (Phi) is 15.3. The maximum Gasteiger partial charge on any atom is 0.333 e. The lowest BCUT2D eigenvalue weighted by molar-refractivity contribution is -0.144. The first-order valence-electron chi connectivity index (χ1n) is 15.2. The number of ether oxygens (including phenoxy) is 2. The van der Waals surface area contributed by atoms with Gasteiger partial charge in [0.25, 0.3) is 0 Å². The van der Waals surface area contributed by atoms with Gasteiger partial charge in [-0.1, -0.05) is 70.0 Å². The van der Waals surface area contributed by atoms with Gasteiger partial charge in [0.1, 0.15) is 0 Å². The Balaban J connectivity index is 1.90. The van der Waals surface area contributed by atoms with Crippen molar-refractivity contribution in [1.29, 1.82) is 0 Å². The lowest BCUT2D eigenvalue weighted by Crippen LogP contribution is -2.23. The van der Waals surface area contributed by atoms with Crippen molar-refractivity contribution in [1.82, 2.24) is 0 Å². The standard InChI is InChI=1S/C34H52O6/c1-6-7-8-9-28-12-16-31(17-13-28)32-18-14-29(15-19-32)10-11-30(22-39-33(37)24(2)20-26(4)35)23-40-34(38)25(3)21-27(5)36/h14-15,18-19,26-28,30-31,35-36H,2-3,6-13,16-17,20-23H2,1,4-5H3. The first-order valence-corrected chi connectivity index (χ1v) is 15.2. The van der Waals surface area contributed by atoms with Crippen LogP contribution in [-0.2, 0) is 25.5 Å². The van der Waals surface area contributed by atoms with E-state index in [-0.39, 0.29) is 43.1 Å². The summed E-state index contributed by atoms with van der Waals surface area (Å²) in [5, 5.41) is 19.0. The molecule has 0 aromatic heterocycles. The number of rotatable bonds is 18. The minimum Gasteiger partial charge on any atom is -0.462 e. The maximum absolute atomic E-state index is 12.3. The molecule has 0 heterocycles. The summed E-state index contributed by atoms with van der Waals surface area (Å²) in [6.07, 6.45) is 11.0. The highest BCUT2D eigenvalue weighted by molar-refractivity contribution is 5.88. The zero-order valence-electron chi connectivity index (χ0n) is 25.0. The van der Waals surface area contributed by atoms with Crippen LogP contribution in [0.15, 0.2) is 48.6 Å². The van der Waals surface area contributed by atoms with E-state index in [4.69, 9.17) is 9.47 Å². The Morgan fingerprint density at radius 1 is 0.875 bits per heavy atom. The van der Waals surface area contributed by atoms with Gasteiger partial charge in [0, 0.05) is 29.9 Å². The molecule has 1 saturated carbocycles. The molecule has 1 aliphatic rings. The molecule has 6 heteroatoms. The molecule has 224 valence electrons. The van der Waals surface area contributed by atoms with E-state index in [9.17, 15) is 19.8 Å². The number of carbonyl (C=O) groups excluding carboxylic acids is 2. The molecular weight excluding hydrogens is 504 g/mol. The predicted molar refractivity (Wildman–Crippen MR) is 160 cm³/mol. The molecule has 1 fully saturated rings. The molecule has 2 rings (SSSR count). The quantitative estimate of drug-likeness (QED) is 0.117. The van der Waals surface area contributed by atoms with Crippen molar-refractivity contribution in [3.63, 3.8) is 0 Å². The van der Waals surface area contributed by atoms with E-state index in [1.54, 1.807) is 13.8 Å². The van der Waals surface area contributed by atoms with Crippen molar-refractivity contribution in [2.45, 2.75) is 116 Å². The summed E-state index contributed by atoms with van der Waals surface area (Å²) in [6.45, 7) is 13.0. The summed E-state index contributed by atoms with van der Waals surface area (Å²) in [5.41, 5.74) is 3.03. The molecule has 1 aromatic carbocycles. The summed E-state index contributed by atoms with van der Waals surface area (Å²) in [6, 6.07) is 8.89. The van der Waals surface area contributed by atoms with Crippen LogP contribution in [0.2, 0.25) is 0 Å². The van der Waals surface area contributed by atoms with E-state index < -0.39 is 24.1 Å². The third-order valence-electron chi connectivity index (χ3n) is 7.92. The molecule has 6 nitrogen and oxygen atoms in total. The van der Waals surface area contributed by atoms with Crippen LogP contribution in [0, 0.1) is 11.8 Å². The van der Waals surface area contributed by atoms with Crippen molar-refractivity contribution >= 4 is 11.9 Å². The molecule has 2 N–H and O–H groups in total. The van der Waals surface area contributed by atoms with Crippen LogP contribution in [0.25, 0.3) is 0 Å². The minimum absolute atomic E-state index is 0.0768. The number of hydrogen-bond donors (Lipinski definition) is 2. The highest BCUT2D eigenvalue weighted by Crippen LogP contribution is 2.37. The Morgan fingerprint density at radius 3 is 1.88 bits per heavy atom. The van der Waals surface area contributed by atoms with Crippen LogP contribution in [0.3, 0.4) is 0 Å². The van der Waals surface area contributed by atoms with E-state index in [0.717, 1.165) is 12.3 Å². The number of esters is 2. The fourth-order valence-corrected chi connectivity index (χ4v) is 5.48. The second-order valence-electron chi connectivity index (χ2n) is 11.9. The number of unbranched alkanes of at least 4 members (excludes halogenated alkanes) is 2. The number of hydrogen-bond acceptors (Lipinski definition) is 6. The molecule has 2 unspecified atom stereocenters. The Bertz CT molecular complexity index is 886. The van der Waals surface area contributed by atoms with Crippen LogP contribution < -0.4 is 0 Å². The molecule has 2 atom stereocenters. The molecule has 0 radical (unpaired) electrons. The molecule has 40 heavy (non-hydrogen) atoms.